The Morgan fingerprint density at radius 3 is 1.89 bits per heavy atom. The molecule has 224 valence electrons. The molecule has 0 N–H and O–H groups in total. The van der Waals surface area contributed by atoms with E-state index >= 15 is 0 Å². The minimum Gasteiger partial charge on any atom is -0.455 e. The Bertz CT molecular complexity index is 2430. The summed E-state index contributed by atoms with van der Waals surface area (Å²) in [6, 6.07) is 45.6. The van der Waals surface area contributed by atoms with Crippen LogP contribution in [-0.2, 0) is 0 Å². The fourth-order valence-corrected chi connectivity index (χ4v) is 6.65. The maximum atomic E-state index is 9.44. The average Bonchev–Trinajstić information content (AvgIpc) is 3.66. The number of aromatic nitrogens is 2. The van der Waals surface area contributed by atoms with Gasteiger partial charge in [0.1, 0.15) is 17.0 Å². The van der Waals surface area contributed by atoms with E-state index in [1.807, 2.05) is 82.3 Å². The van der Waals surface area contributed by atoms with Crippen LogP contribution in [0.2, 0.25) is 0 Å². The molecule has 3 nitrogen and oxygen atoms in total. The number of hydrogen-bond acceptors (Lipinski definition) is 2. The van der Waals surface area contributed by atoms with Gasteiger partial charge in [-0.05, 0) is 87.6 Å². The Balaban J connectivity index is 1.45. The van der Waals surface area contributed by atoms with Gasteiger partial charge in [-0.3, -0.25) is 4.57 Å². The Morgan fingerprint density at radius 1 is 0.587 bits per heavy atom. The molecule has 2 aromatic heterocycles. The van der Waals surface area contributed by atoms with Crippen LogP contribution in [0.3, 0.4) is 0 Å². The van der Waals surface area contributed by atoms with Crippen molar-refractivity contribution in [1.82, 2.24) is 9.55 Å². The van der Waals surface area contributed by atoms with Gasteiger partial charge in [-0.1, -0.05) is 119 Å². The molecule has 46 heavy (non-hydrogen) atoms. The van der Waals surface area contributed by atoms with Crippen molar-refractivity contribution in [2.75, 3.05) is 0 Å². The first kappa shape index (κ1) is 25.9. The summed E-state index contributed by atoms with van der Waals surface area (Å²) in [5.74, 6) is -1.25. The number of benzene rings is 6. The first-order valence-electron chi connectivity index (χ1n) is 16.8. The molecule has 0 fully saturated rings. The standard InChI is InChI=1S/C43H36N2O/c1-27(2)36-24-32(30-16-9-6-10-17-30)25-37(28(3)4)41(36)45-39-21-12-11-20-38(39)44-43(45)35-19-13-18-34-33-23-22-31(26-40(33)46-42(34)35)29-14-7-5-8-15-29/h5-28H,1-4H3/i27D,28D. The smallest absolute Gasteiger partial charge is 0.149 e. The molecule has 0 amide bonds. The molecular weight excluding hydrogens is 560 g/mol. The van der Waals surface area contributed by atoms with Crippen molar-refractivity contribution in [3.05, 3.63) is 145 Å². The molecule has 0 saturated heterocycles. The molecule has 0 aliphatic rings. The summed E-state index contributed by atoms with van der Waals surface area (Å²) in [5.41, 5.74) is 10.9. The normalized spacial score (nSPS) is 13.0. The number of furan rings is 1. The van der Waals surface area contributed by atoms with E-state index in [1.54, 1.807) is 0 Å². The van der Waals surface area contributed by atoms with Gasteiger partial charge < -0.3 is 4.42 Å². The van der Waals surface area contributed by atoms with Gasteiger partial charge in [-0.2, -0.15) is 0 Å². The zero-order valence-corrected chi connectivity index (χ0v) is 26.5. The minimum absolute atomic E-state index is 0.715. The van der Waals surface area contributed by atoms with Crippen LogP contribution < -0.4 is 0 Å². The van der Waals surface area contributed by atoms with E-state index < -0.39 is 11.8 Å². The highest BCUT2D eigenvalue weighted by atomic mass is 16.3. The fraction of sp³-hybridized carbons (Fsp3) is 0.140. The molecule has 0 bridgehead atoms. The van der Waals surface area contributed by atoms with Crippen molar-refractivity contribution in [2.24, 2.45) is 0 Å². The number of nitrogens with zero attached hydrogens (tertiary/aromatic N) is 2. The Hall–Kier alpha value is -5.41. The summed E-state index contributed by atoms with van der Waals surface area (Å²) < 4.78 is 27.8. The quantitative estimate of drug-likeness (QED) is 0.191. The number of imidazole rings is 1. The molecule has 8 aromatic rings. The number of fused-ring (bicyclic) bond motifs is 4. The fourth-order valence-electron chi connectivity index (χ4n) is 6.65. The van der Waals surface area contributed by atoms with Crippen LogP contribution in [0.15, 0.2) is 138 Å². The Kier molecular flexibility index (Phi) is 6.29. The lowest BCUT2D eigenvalue weighted by Gasteiger charge is -2.24. The number of para-hydroxylation sites is 3. The van der Waals surface area contributed by atoms with Crippen LogP contribution in [0.1, 0.15) is 53.4 Å². The Morgan fingerprint density at radius 2 is 1.22 bits per heavy atom. The predicted molar refractivity (Wildman–Crippen MR) is 193 cm³/mol. The molecule has 2 heterocycles. The van der Waals surface area contributed by atoms with Gasteiger partial charge in [-0.25, -0.2) is 4.98 Å². The summed E-state index contributed by atoms with van der Waals surface area (Å²) in [5, 5.41) is 2.06. The van der Waals surface area contributed by atoms with Crippen molar-refractivity contribution >= 4 is 33.0 Å². The number of rotatable bonds is 6. The van der Waals surface area contributed by atoms with Crippen molar-refractivity contribution in [3.8, 4) is 39.3 Å². The summed E-state index contributed by atoms with van der Waals surface area (Å²) in [4.78, 5) is 5.25. The molecule has 0 unspecified atom stereocenters. The summed E-state index contributed by atoms with van der Waals surface area (Å²) in [6.45, 7) is 7.68. The van der Waals surface area contributed by atoms with Gasteiger partial charge in [0.25, 0.3) is 0 Å². The molecule has 0 spiro atoms. The van der Waals surface area contributed by atoms with E-state index in [1.165, 1.54) is 0 Å². The van der Waals surface area contributed by atoms with Gasteiger partial charge >= 0.3 is 0 Å². The second-order valence-corrected chi connectivity index (χ2v) is 12.4. The molecule has 0 atom stereocenters. The first-order chi connectivity index (χ1) is 23.1. The Labute approximate surface area is 272 Å². The van der Waals surface area contributed by atoms with E-state index in [4.69, 9.17) is 9.40 Å². The van der Waals surface area contributed by atoms with Crippen molar-refractivity contribution < 1.29 is 7.16 Å². The summed E-state index contributed by atoms with van der Waals surface area (Å²) in [7, 11) is 0. The van der Waals surface area contributed by atoms with Gasteiger partial charge in [0, 0.05) is 13.5 Å². The third-order valence-electron chi connectivity index (χ3n) is 8.93. The highest BCUT2D eigenvalue weighted by Gasteiger charge is 2.25. The molecule has 0 aliphatic heterocycles. The van der Waals surface area contributed by atoms with E-state index in [9.17, 15) is 2.74 Å². The molecule has 3 heteroatoms. The molecular formula is C43H36N2O. The topological polar surface area (TPSA) is 31.0 Å². The zero-order chi connectivity index (χ0) is 33.2. The second-order valence-electron chi connectivity index (χ2n) is 12.4. The van der Waals surface area contributed by atoms with Gasteiger partial charge in [0.15, 0.2) is 0 Å². The maximum Gasteiger partial charge on any atom is 0.149 e. The molecule has 6 aromatic carbocycles. The van der Waals surface area contributed by atoms with Crippen LogP contribution in [0.25, 0.3) is 72.3 Å². The summed E-state index contributed by atoms with van der Waals surface area (Å²) in [6.07, 6.45) is 0. The highest BCUT2D eigenvalue weighted by molar-refractivity contribution is 6.10. The number of hydrogen-bond donors (Lipinski definition) is 0. The second kappa shape index (κ2) is 11.2. The lowest BCUT2D eigenvalue weighted by atomic mass is 9.88. The van der Waals surface area contributed by atoms with Crippen molar-refractivity contribution in [3.63, 3.8) is 0 Å². The van der Waals surface area contributed by atoms with Gasteiger partial charge in [0.2, 0.25) is 0 Å². The average molecular weight is 599 g/mol. The van der Waals surface area contributed by atoms with E-state index in [2.05, 4.69) is 83.4 Å². The zero-order valence-electron chi connectivity index (χ0n) is 28.5. The van der Waals surface area contributed by atoms with Crippen LogP contribution in [0.4, 0.5) is 0 Å². The monoisotopic (exact) mass is 598 g/mol. The van der Waals surface area contributed by atoms with E-state index in [0.29, 0.717) is 5.82 Å². The maximum absolute atomic E-state index is 9.44. The lowest BCUT2D eigenvalue weighted by Crippen LogP contribution is -2.09. The predicted octanol–water partition coefficient (Wildman–Crippen LogP) is 12.2. The van der Waals surface area contributed by atoms with Gasteiger partial charge in [0.05, 0.1) is 22.3 Å². The summed E-state index contributed by atoms with van der Waals surface area (Å²) >= 11 is 0. The largest absolute Gasteiger partial charge is 0.455 e. The minimum atomic E-state index is -0.984. The molecule has 0 saturated carbocycles. The van der Waals surface area contributed by atoms with E-state index in [0.717, 1.165) is 77.6 Å². The highest BCUT2D eigenvalue weighted by Crippen LogP contribution is 2.43. The van der Waals surface area contributed by atoms with Crippen LogP contribution in [0, 0.1) is 0 Å². The van der Waals surface area contributed by atoms with Crippen LogP contribution >= 0.6 is 0 Å². The SMILES string of the molecule is [2H]C(C)(C)c1cc(-c2ccccc2)cc(C([2H])(C)C)c1-n1c(-c2cccc3c2oc2cc(-c4ccccc4)ccc23)nc2ccccc21. The first-order valence-corrected chi connectivity index (χ1v) is 15.8. The third-order valence-corrected chi connectivity index (χ3v) is 8.93. The van der Waals surface area contributed by atoms with Crippen LogP contribution in [0.5, 0.6) is 0 Å². The third kappa shape index (κ3) is 4.62. The van der Waals surface area contributed by atoms with Gasteiger partial charge in [-0.15, -0.1) is 0 Å². The van der Waals surface area contributed by atoms with E-state index in [-0.39, 0.29) is 0 Å². The van der Waals surface area contributed by atoms with Crippen molar-refractivity contribution in [1.29, 1.82) is 0 Å². The molecule has 0 radical (unpaired) electrons. The van der Waals surface area contributed by atoms with Crippen molar-refractivity contribution in [2.45, 2.75) is 39.5 Å². The molecule has 8 rings (SSSR count). The lowest BCUT2D eigenvalue weighted by molar-refractivity contribution is 0.669. The molecule has 0 aliphatic carbocycles. The van der Waals surface area contributed by atoms with Crippen LogP contribution in [-0.4, -0.2) is 9.55 Å².